The molecule has 1 aromatic rings. The largest absolute Gasteiger partial charge is 0.370 e. The molecule has 1 heterocycles. The standard InChI is InChI=1S/C13H24N4/c1-5-11(4)9-17(7-3)13-8-12(14-6-2)15-10-16-13/h8,10-11H,5-7,9H2,1-4H3,(H,14,15,16). The summed E-state index contributed by atoms with van der Waals surface area (Å²) in [5.41, 5.74) is 0. The van der Waals surface area contributed by atoms with Crippen molar-refractivity contribution in [2.24, 2.45) is 5.92 Å². The van der Waals surface area contributed by atoms with Crippen LogP contribution in [0.15, 0.2) is 12.4 Å². The van der Waals surface area contributed by atoms with Gasteiger partial charge in [0.1, 0.15) is 18.0 Å². The summed E-state index contributed by atoms with van der Waals surface area (Å²) >= 11 is 0. The van der Waals surface area contributed by atoms with Crippen molar-refractivity contribution < 1.29 is 0 Å². The predicted molar refractivity (Wildman–Crippen MR) is 73.5 cm³/mol. The molecular formula is C13H24N4. The first-order valence-corrected chi connectivity index (χ1v) is 6.52. The third-order valence-corrected chi connectivity index (χ3v) is 2.95. The number of hydrogen-bond acceptors (Lipinski definition) is 4. The lowest BCUT2D eigenvalue weighted by molar-refractivity contribution is 0.545. The molecule has 0 amide bonds. The molecule has 17 heavy (non-hydrogen) atoms. The topological polar surface area (TPSA) is 41.0 Å². The van der Waals surface area contributed by atoms with Gasteiger partial charge in [-0.2, -0.15) is 0 Å². The van der Waals surface area contributed by atoms with Gasteiger partial charge in [0, 0.05) is 25.7 Å². The summed E-state index contributed by atoms with van der Waals surface area (Å²) in [7, 11) is 0. The molecule has 0 saturated carbocycles. The lowest BCUT2D eigenvalue weighted by Crippen LogP contribution is -2.29. The molecule has 0 aliphatic rings. The molecule has 1 aromatic heterocycles. The van der Waals surface area contributed by atoms with E-state index in [4.69, 9.17) is 0 Å². The Morgan fingerprint density at radius 3 is 2.65 bits per heavy atom. The van der Waals surface area contributed by atoms with Gasteiger partial charge < -0.3 is 10.2 Å². The Bertz CT molecular complexity index is 327. The van der Waals surface area contributed by atoms with Crippen LogP contribution < -0.4 is 10.2 Å². The van der Waals surface area contributed by atoms with Crippen LogP contribution in [0.1, 0.15) is 34.1 Å². The van der Waals surface area contributed by atoms with E-state index in [0.717, 1.165) is 31.3 Å². The SMILES string of the molecule is CCNc1cc(N(CC)CC(C)CC)ncn1. The Balaban J connectivity index is 2.76. The second-order valence-electron chi connectivity index (χ2n) is 4.34. The first-order chi connectivity index (χ1) is 8.21. The Hall–Kier alpha value is -1.32. The highest BCUT2D eigenvalue weighted by atomic mass is 15.2. The van der Waals surface area contributed by atoms with Gasteiger partial charge in [-0.15, -0.1) is 0 Å². The summed E-state index contributed by atoms with van der Waals surface area (Å²) in [6.45, 7) is 11.6. The van der Waals surface area contributed by atoms with Crippen LogP contribution in [-0.2, 0) is 0 Å². The summed E-state index contributed by atoms with van der Waals surface area (Å²) in [4.78, 5) is 10.9. The number of aromatic nitrogens is 2. The van der Waals surface area contributed by atoms with E-state index in [-0.39, 0.29) is 0 Å². The van der Waals surface area contributed by atoms with E-state index in [9.17, 15) is 0 Å². The molecule has 1 rings (SSSR count). The van der Waals surface area contributed by atoms with Crippen molar-refractivity contribution in [3.63, 3.8) is 0 Å². The van der Waals surface area contributed by atoms with Crippen LogP contribution >= 0.6 is 0 Å². The normalized spacial score (nSPS) is 12.2. The van der Waals surface area contributed by atoms with Gasteiger partial charge in [0.05, 0.1) is 0 Å². The number of nitrogens with zero attached hydrogens (tertiary/aromatic N) is 3. The molecule has 1 N–H and O–H groups in total. The fourth-order valence-electron chi connectivity index (χ4n) is 1.69. The Morgan fingerprint density at radius 2 is 2.06 bits per heavy atom. The molecule has 96 valence electrons. The average molecular weight is 236 g/mol. The van der Waals surface area contributed by atoms with Crippen molar-refractivity contribution in [2.75, 3.05) is 29.9 Å². The Labute approximate surface area is 104 Å². The quantitative estimate of drug-likeness (QED) is 0.790. The molecule has 4 heteroatoms. The molecule has 1 atom stereocenters. The highest BCUT2D eigenvalue weighted by Crippen LogP contribution is 2.16. The number of nitrogens with one attached hydrogen (secondary N) is 1. The van der Waals surface area contributed by atoms with Crippen LogP contribution in [0.3, 0.4) is 0 Å². The van der Waals surface area contributed by atoms with E-state index in [1.807, 2.05) is 6.07 Å². The summed E-state index contributed by atoms with van der Waals surface area (Å²) in [5.74, 6) is 2.60. The molecule has 0 saturated heterocycles. The first kappa shape index (κ1) is 13.7. The minimum absolute atomic E-state index is 0.687. The Kier molecular flexibility index (Phi) is 5.73. The minimum Gasteiger partial charge on any atom is -0.370 e. The minimum atomic E-state index is 0.687. The van der Waals surface area contributed by atoms with E-state index in [2.05, 4.69) is 47.9 Å². The van der Waals surface area contributed by atoms with E-state index in [1.165, 1.54) is 6.42 Å². The van der Waals surface area contributed by atoms with Crippen molar-refractivity contribution in [2.45, 2.75) is 34.1 Å². The zero-order chi connectivity index (χ0) is 12.7. The Morgan fingerprint density at radius 1 is 1.29 bits per heavy atom. The number of rotatable bonds is 7. The lowest BCUT2D eigenvalue weighted by atomic mass is 10.1. The van der Waals surface area contributed by atoms with Crippen LogP contribution in [0.5, 0.6) is 0 Å². The fraction of sp³-hybridized carbons (Fsp3) is 0.692. The zero-order valence-electron chi connectivity index (χ0n) is 11.4. The molecular weight excluding hydrogens is 212 g/mol. The van der Waals surface area contributed by atoms with Crippen molar-refractivity contribution >= 4 is 11.6 Å². The molecule has 4 nitrogen and oxygen atoms in total. The van der Waals surface area contributed by atoms with Gasteiger partial charge in [-0.1, -0.05) is 20.3 Å². The molecule has 0 spiro atoms. The van der Waals surface area contributed by atoms with Crippen LogP contribution in [-0.4, -0.2) is 29.6 Å². The van der Waals surface area contributed by atoms with E-state index < -0.39 is 0 Å². The van der Waals surface area contributed by atoms with E-state index >= 15 is 0 Å². The van der Waals surface area contributed by atoms with Crippen LogP contribution in [0.25, 0.3) is 0 Å². The monoisotopic (exact) mass is 236 g/mol. The fourth-order valence-corrected chi connectivity index (χ4v) is 1.69. The highest BCUT2D eigenvalue weighted by Gasteiger charge is 2.10. The highest BCUT2D eigenvalue weighted by molar-refractivity contribution is 5.48. The van der Waals surface area contributed by atoms with Crippen molar-refractivity contribution in [3.05, 3.63) is 12.4 Å². The summed E-state index contributed by atoms with van der Waals surface area (Å²) in [5, 5.41) is 3.22. The zero-order valence-corrected chi connectivity index (χ0v) is 11.4. The van der Waals surface area contributed by atoms with Gasteiger partial charge >= 0.3 is 0 Å². The second-order valence-corrected chi connectivity index (χ2v) is 4.34. The maximum Gasteiger partial charge on any atom is 0.134 e. The third kappa shape index (κ3) is 4.21. The molecule has 0 aliphatic heterocycles. The average Bonchev–Trinajstić information content (AvgIpc) is 2.36. The number of hydrogen-bond donors (Lipinski definition) is 1. The maximum atomic E-state index is 4.35. The van der Waals surface area contributed by atoms with E-state index in [1.54, 1.807) is 6.33 Å². The first-order valence-electron chi connectivity index (χ1n) is 6.52. The second kappa shape index (κ2) is 7.09. The van der Waals surface area contributed by atoms with Crippen LogP contribution in [0, 0.1) is 5.92 Å². The smallest absolute Gasteiger partial charge is 0.134 e. The van der Waals surface area contributed by atoms with Gasteiger partial charge in [-0.3, -0.25) is 0 Å². The van der Waals surface area contributed by atoms with Crippen molar-refractivity contribution in [1.82, 2.24) is 9.97 Å². The third-order valence-electron chi connectivity index (χ3n) is 2.95. The molecule has 1 unspecified atom stereocenters. The van der Waals surface area contributed by atoms with Gasteiger partial charge in [0.2, 0.25) is 0 Å². The number of anilines is 2. The maximum absolute atomic E-state index is 4.35. The van der Waals surface area contributed by atoms with Gasteiger partial charge in [-0.05, 0) is 19.8 Å². The summed E-state index contributed by atoms with van der Waals surface area (Å²) in [6.07, 6.45) is 2.83. The summed E-state index contributed by atoms with van der Waals surface area (Å²) < 4.78 is 0. The lowest BCUT2D eigenvalue weighted by Gasteiger charge is -2.25. The van der Waals surface area contributed by atoms with Gasteiger partial charge in [-0.25, -0.2) is 9.97 Å². The van der Waals surface area contributed by atoms with E-state index in [0.29, 0.717) is 5.92 Å². The molecule has 0 aliphatic carbocycles. The molecule has 0 bridgehead atoms. The summed E-state index contributed by atoms with van der Waals surface area (Å²) in [6, 6.07) is 2.02. The van der Waals surface area contributed by atoms with Crippen LogP contribution in [0.4, 0.5) is 11.6 Å². The van der Waals surface area contributed by atoms with Gasteiger partial charge in [0.25, 0.3) is 0 Å². The predicted octanol–water partition coefficient (Wildman–Crippen LogP) is 2.78. The molecule has 0 aromatic carbocycles. The molecule has 0 fully saturated rings. The molecule has 0 radical (unpaired) electrons. The van der Waals surface area contributed by atoms with Crippen molar-refractivity contribution in [3.8, 4) is 0 Å². The van der Waals surface area contributed by atoms with Gasteiger partial charge in [0.15, 0.2) is 0 Å². The van der Waals surface area contributed by atoms with Crippen molar-refractivity contribution in [1.29, 1.82) is 0 Å². The van der Waals surface area contributed by atoms with Crippen LogP contribution in [0.2, 0.25) is 0 Å².